The molecular formula is C17H21NO3. The Morgan fingerprint density at radius 2 is 1.95 bits per heavy atom. The molecule has 2 atom stereocenters. The van der Waals surface area contributed by atoms with Crippen LogP contribution < -0.4 is 5.32 Å². The Hall–Kier alpha value is -2.07. The molecule has 1 heterocycles. The molecule has 1 amide bonds. The first-order valence-corrected chi connectivity index (χ1v) is 7.22. The van der Waals surface area contributed by atoms with Gasteiger partial charge in [-0.05, 0) is 31.0 Å². The van der Waals surface area contributed by atoms with Gasteiger partial charge in [0, 0.05) is 12.5 Å². The van der Waals surface area contributed by atoms with E-state index in [1.54, 1.807) is 12.1 Å². The average Bonchev–Trinajstić information content (AvgIpc) is 2.97. The van der Waals surface area contributed by atoms with Crippen molar-refractivity contribution in [2.75, 3.05) is 0 Å². The van der Waals surface area contributed by atoms with E-state index >= 15 is 0 Å². The minimum Gasteiger partial charge on any atom is -0.456 e. The number of carbonyl (C=O) groups is 1. The van der Waals surface area contributed by atoms with Crippen molar-refractivity contribution in [1.29, 1.82) is 0 Å². The number of aliphatic hydroxyl groups is 1. The summed E-state index contributed by atoms with van der Waals surface area (Å²) in [7, 11) is 0. The van der Waals surface area contributed by atoms with Crippen molar-refractivity contribution in [2.45, 2.75) is 38.8 Å². The molecule has 0 spiro atoms. The Kier molecular flexibility index (Phi) is 5.17. The van der Waals surface area contributed by atoms with Crippen molar-refractivity contribution in [3.05, 3.63) is 59.5 Å². The first-order chi connectivity index (χ1) is 10.1. The van der Waals surface area contributed by atoms with Gasteiger partial charge in [0.25, 0.3) is 5.91 Å². The molecule has 2 aromatic rings. The molecule has 0 fully saturated rings. The topological polar surface area (TPSA) is 62.5 Å². The van der Waals surface area contributed by atoms with Crippen LogP contribution >= 0.6 is 0 Å². The molecule has 0 radical (unpaired) electrons. The summed E-state index contributed by atoms with van der Waals surface area (Å²) < 4.78 is 5.41. The number of nitrogens with one attached hydrogen (secondary N) is 1. The van der Waals surface area contributed by atoms with Gasteiger partial charge in [-0.3, -0.25) is 4.79 Å². The van der Waals surface area contributed by atoms with E-state index in [1.807, 2.05) is 44.2 Å². The van der Waals surface area contributed by atoms with Crippen molar-refractivity contribution >= 4 is 5.91 Å². The zero-order chi connectivity index (χ0) is 15.2. The summed E-state index contributed by atoms with van der Waals surface area (Å²) in [6, 6.07) is 12.8. The average molecular weight is 287 g/mol. The highest BCUT2D eigenvalue weighted by Crippen LogP contribution is 2.18. The maximum atomic E-state index is 12.0. The van der Waals surface area contributed by atoms with Gasteiger partial charge in [-0.25, -0.2) is 0 Å². The summed E-state index contributed by atoms with van der Waals surface area (Å²) in [5.41, 5.74) is 0.852. The van der Waals surface area contributed by atoms with Crippen LogP contribution in [-0.2, 0) is 6.42 Å². The quantitative estimate of drug-likeness (QED) is 0.858. The van der Waals surface area contributed by atoms with Gasteiger partial charge in [0.1, 0.15) is 5.76 Å². The van der Waals surface area contributed by atoms with E-state index in [1.165, 1.54) is 0 Å². The number of aryl methyl sites for hydroxylation is 1. The SMILES string of the molecule is CCc1ccc(C(=O)N[C@@H](C)C[C@H](O)c2ccccc2)o1. The summed E-state index contributed by atoms with van der Waals surface area (Å²) in [6.45, 7) is 3.84. The number of benzene rings is 1. The second-order valence-electron chi connectivity index (χ2n) is 5.16. The summed E-state index contributed by atoms with van der Waals surface area (Å²) >= 11 is 0. The van der Waals surface area contributed by atoms with Crippen LogP contribution in [-0.4, -0.2) is 17.1 Å². The maximum Gasteiger partial charge on any atom is 0.287 e. The lowest BCUT2D eigenvalue weighted by molar-refractivity contribution is 0.0887. The Morgan fingerprint density at radius 1 is 1.24 bits per heavy atom. The summed E-state index contributed by atoms with van der Waals surface area (Å²) in [5, 5.41) is 13.0. The van der Waals surface area contributed by atoms with Gasteiger partial charge < -0.3 is 14.8 Å². The molecule has 4 heteroatoms. The van der Waals surface area contributed by atoms with Crippen molar-refractivity contribution < 1.29 is 14.3 Å². The van der Waals surface area contributed by atoms with Gasteiger partial charge >= 0.3 is 0 Å². The van der Waals surface area contributed by atoms with Crippen LogP contribution in [0.3, 0.4) is 0 Å². The second kappa shape index (κ2) is 7.09. The Bertz CT molecular complexity index is 577. The maximum absolute atomic E-state index is 12.0. The molecule has 0 aliphatic carbocycles. The zero-order valence-corrected chi connectivity index (χ0v) is 12.4. The van der Waals surface area contributed by atoms with E-state index in [0.717, 1.165) is 17.7 Å². The molecule has 21 heavy (non-hydrogen) atoms. The molecule has 0 saturated carbocycles. The van der Waals surface area contributed by atoms with Crippen LogP contribution in [0.15, 0.2) is 46.9 Å². The van der Waals surface area contributed by atoms with E-state index in [-0.39, 0.29) is 11.9 Å². The fraction of sp³-hybridized carbons (Fsp3) is 0.353. The molecule has 4 nitrogen and oxygen atoms in total. The lowest BCUT2D eigenvalue weighted by atomic mass is 10.0. The van der Waals surface area contributed by atoms with Crippen molar-refractivity contribution in [3.63, 3.8) is 0 Å². The van der Waals surface area contributed by atoms with Crippen molar-refractivity contribution in [1.82, 2.24) is 5.32 Å². The lowest BCUT2D eigenvalue weighted by Crippen LogP contribution is -2.33. The van der Waals surface area contributed by atoms with E-state index in [9.17, 15) is 9.90 Å². The normalized spacial score (nSPS) is 13.7. The number of hydrogen-bond donors (Lipinski definition) is 2. The predicted molar refractivity (Wildman–Crippen MR) is 81.0 cm³/mol. The third-order valence-electron chi connectivity index (χ3n) is 3.37. The van der Waals surface area contributed by atoms with Crippen LogP contribution in [0.2, 0.25) is 0 Å². The largest absolute Gasteiger partial charge is 0.456 e. The van der Waals surface area contributed by atoms with E-state index < -0.39 is 6.10 Å². The minimum atomic E-state index is -0.593. The Labute approximate surface area is 124 Å². The first-order valence-electron chi connectivity index (χ1n) is 7.22. The van der Waals surface area contributed by atoms with Gasteiger partial charge in [0.2, 0.25) is 0 Å². The second-order valence-corrected chi connectivity index (χ2v) is 5.16. The van der Waals surface area contributed by atoms with Gasteiger partial charge in [-0.2, -0.15) is 0 Å². The number of furan rings is 1. The first kappa shape index (κ1) is 15.3. The van der Waals surface area contributed by atoms with Crippen LogP contribution in [0.4, 0.5) is 0 Å². The van der Waals surface area contributed by atoms with Crippen molar-refractivity contribution in [3.8, 4) is 0 Å². The monoisotopic (exact) mass is 287 g/mol. The fourth-order valence-corrected chi connectivity index (χ4v) is 2.19. The van der Waals surface area contributed by atoms with Crippen LogP contribution in [0.1, 0.15) is 48.3 Å². The summed E-state index contributed by atoms with van der Waals surface area (Å²) in [6.07, 6.45) is 0.622. The highest BCUT2D eigenvalue weighted by molar-refractivity contribution is 5.91. The van der Waals surface area contributed by atoms with Crippen LogP contribution in [0.25, 0.3) is 0 Å². The number of hydrogen-bond acceptors (Lipinski definition) is 3. The molecule has 1 aromatic heterocycles. The van der Waals surface area contributed by atoms with Crippen molar-refractivity contribution in [2.24, 2.45) is 0 Å². The molecule has 0 saturated heterocycles. The molecule has 0 aliphatic rings. The fourth-order valence-electron chi connectivity index (χ4n) is 2.19. The standard InChI is InChI=1S/C17H21NO3/c1-3-14-9-10-16(21-14)17(20)18-12(2)11-15(19)13-7-5-4-6-8-13/h4-10,12,15,19H,3,11H2,1-2H3,(H,18,20)/t12-,15-/m0/s1. The molecule has 1 aromatic carbocycles. The third kappa shape index (κ3) is 4.20. The molecule has 2 N–H and O–H groups in total. The molecule has 2 rings (SSSR count). The number of amides is 1. The summed E-state index contributed by atoms with van der Waals surface area (Å²) in [5.74, 6) is 0.854. The van der Waals surface area contributed by atoms with E-state index in [4.69, 9.17) is 4.42 Å². The van der Waals surface area contributed by atoms with E-state index in [0.29, 0.717) is 12.2 Å². The lowest BCUT2D eigenvalue weighted by Gasteiger charge is -2.17. The molecule has 0 unspecified atom stereocenters. The number of carbonyl (C=O) groups excluding carboxylic acids is 1. The smallest absolute Gasteiger partial charge is 0.287 e. The van der Waals surface area contributed by atoms with Crippen LogP contribution in [0, 0.1) is 0 Å². The zero-order valence-electron chi connectivity index (χ0n) is 12.4. The molecular weight excluding hydrogens is 266 g/mol. The third-order valence-corrected chi connectivity index (χ3v) is 3.37. The Balaban J connectivity index is 1.89. The van der Waals surface area contributed by atoms with Gasteiger partial charge in [-0.1, -0.05) is 37.3 Å². The number of aliphatic hydroxyl groups excluding tert-OH is 1. The van der Waals surface area contributed by atoms with Gasteiger partial charge in [0.05, 0.1) is 6.10 Å². The minimum absolute atomic E-state index is 0.150. The highest BCUT2D eigenvalue weighted by Gasteiger charge is 2.17. The summed E-state index contributed by atoms with van der Waals surface area (Å²) in [4.78, 5) is 12.0. The highest BCUT2D eigenvalue weighted by atomic mass is 16.3. The van der Waals surface area contributed by atoms with Gasteiger partial charge in [0.15, 0.2) is 5.76 Å². The molecule has 0 bridgehead atoms. The van der Waals surface area contributed by atoms with Gasteiger partial charge in [-0.15, -0.1) is 0 Å². The molecule has 0 aliphatic heterocycles. The number of rotatable bonds is 6. The van der Waals surface area contributed by atoms with Crippen LogP contribution in [0.5, 0.6) is 0 Å². The Morgan fingerprint density at radius 3 is 2.57 bits per heavy atom. The van der Waals surface area contributed by atoms with E-state index in [2.05, 4.69) is 5.32 Å². The molecule has 112 valence electrons. The predicted octanol–water partition coefficient (Wildman–Crippen LogP) is 3.08.